The van der Waals surface area contributed by atoms with Crippen molar-refractivity contribution in [1.29, 1.82) is 0 Å². The minimum absolute atomic E-state index is 0.0994. The zero-order valence-electron chi connectivity index (χ0n) is 16.9. The number of carboxylic acid groups (broad SMARTS) is 1. The smallest absolute Gasteiger partial charge is 0.335 e. The van der Waals surface area contributed by atoms with Crippen molar-refractivity contribution < 1.29 is 28.2 Å². The molecule has 1 aliphatic rings. The Morgan fingerprint density at radius 3 is 2.47 bits per heavy atom. The Labute approximate surface area is 182 Å². The maximum Gasteiger partial charge on any atom is 0.335 e. The second kappa shape index (κ2) is 9.69. The van der Waals surface area contributed by atoms with Gasteiger partial charge in [-0.25, -0.2) is 18.6 Å². The molecule has 1 saturated heterocycles. The van der Waals surface area contributed by atoms with E-state index < -0.39 is 19.0 Å². The van der Waals surface area contributed by atoms with Crippen molar-refractivity contribution in [2.24, 2.45) is 0 Å². The van der Waals surface area contributed by atoms with Crippen LogP contribution in [0.3, 0.4) is 0 Å². The number of carboxylic acids is 1. The summed E-state index contributed by atoms with van der Waals surface area (Å²) in [5.41, 5.74) is 1.62. The number of halogens is 2. The van der Waals surface area contributed by atoms with Gasteiger partial charge in [0.1, 0.15) is 18.4 Å². The highest BCUT2D eigenvalue weighted by molar-refractivity contribution is 5.88. The number of anilines is 1. The monoisotopic (exact) mass is 445 g/mol. The van der Waals surface area contributed by atoms with Gasteiger partial charge in [-0.1, -0.05) is 0 Å². The highest BCUT2D eigenvalue weighted by atomic mass is 19.3. The van der Waals surface area contributed by atoms with Gasteiger partial charge in [0.25, 0.3) is 6.43 Å². The van der Waals surface area contributed by atoms with Gasteiger partial charge in [-0.05, 0) is 30.3 Å². The lowest BCUT2D eigenvalue weighted by Crippen LogP contribution is -2.34. The number of hydrogen-bond donors (Lipinski definition) is 1. The minimum Gasteiger partial charge on any atom is -0.478 e. The third kappa shape index (κ3) is 5.17. The maximum absolute atomic E-state index is 12.5. The summed E-state index contributed by atoms with van der Waals surface area (Å²) in [6.07, 6.45) is 2.46. The van der Waals surface area contributed by atoms with Crippen LogP contribution in [0.1, 0.15) is 16.8 Å². The number of nitrogens with zero attached hydrogens (tertiary/aromatic N) is 5. The molecule has 4 rings (SSSR count). The molecule has 0 spiro atoms. The summed E-state index contributed by atoms with van der Waals surface area (Å²) in [5.74, 6) is -0.600. The summed E-state index contributed by atoms with van der Waals surface area (Å²) < 4.78 is 36.2. The molecule has 0 radical (unpaired) electrons. The van der Waals surface area contributed by atoms with E-state index >= 15 is 0 Å². The van der Waals surface area contributed by atoms with Crippen molar-refractivity contribution in [1.82, 2.24) is 20.0 Å². The van der Waals surface area contributed by atoms with Crippen LogP contribution in [0.5, 0.6) is 5.88 Å². The summed E-state index contributed by atoms with van der Waals surface area (Å²) in [5, 5.41) is 17.2. The first-order valence-corrected chi connectivity index (χ1v) is 9.95. The van der Waals surface area contributed by atoms with Gasteiger partial charge in [-0.15, -0.1) is 0 Å². The van der Waals surface area contributed by atoms with E-state index in [2.05, 4.69) is 15.2 Å². The van der Waals surface area contributed by atoms with Crippen LogP contribution in [-0.2, 0) is 4.74 Å². The Bertz CT molecular complexity index is 1020. The molecule has 11 heteroatoms. The summed E-state index contributed by atoms with van der Waals surface area (Å²) in [6, 6.07) is 9.68. The standard InChI is InChI=1S/C21H21F2N5O4/c22-19(23)13-31-12-17-9-18(11-27(17)15-3-1-14(2-4-15)21(29)30)32-20-6-5-16(10-24-20)28-25-7-8-26-28/h1-8,10,17-19H,9,11-13H2,(H,29,30)/t17-,18-/m0/s1. The van der Waals surface area contributed by atoms with E-state index in [1.165, 1.54) is 16.9 Å². The number of alkyl halides is 2. The average Bonchev–Trinajstić information content (AvgIpc) is 3.45. The fourth-order valence-corrected chi connectivity index (χ4v) is 3.60. The minimum atomic E-state index is -2.54. The zero-order chi connectivity index (χ0) is 22.5. The van der Waals surface area contributed by atoms with Crippen LogP contribution in [0, 0.1) is 0 Å². The quantitative estimate of drug-likeness (QED) is 0.536. The van der Waals surface area contributed by atoms with Crippen LogP contribution >= 0.6 is 0 Å². The molecule has 0 unspecified atom stereocenters. The van der Waals surface area contributed by atoms with Gasteiger partial charge in [0, 0.05) is 18.2 Å². The molecule has 0 saturated carbocycles. The molecular weight excluding hydrogens is 424 g/mol. The molecule has 1 N–H and O–H groups in total. The van der Waals surface area contributed by atoms with Crippen LogP contribution in [0.15, 0.2) is 55.0 Å². The molecule has 2 atom stereocenters. The van der Waals surface area contributed by atoms with E-state index in [9.17, 15) is 13.6 Å². The molecule has 0 amide bonds. The predicted molar refractivity (Wildman–Crippen MR) is 110 cm³/mol. The molecule has 1 aliphatic heterocycles. The number of aromatic carboxylic acids is 1. The molecular formula is C21H21F2N5O4. The third-order valence-electron chi connectivity index (χ3n) is 5.03. The second-order valence-electron chi connectivity index (χ2n) is 7.24. The van der Waals surface area contributed by atoms with Crippen LogP contribution in [0.25, 0.3) is 5.69 Å². The number of pyridine rings is 1. The maximum atomic E-state index is 12.5. The largest absolute Gasteiger partial charge is 0.478 e. The molecule has 0 aliphatic carbocycles. The Morgan fingerprint density at radius 2 is 1.84 bits per heavy atom. The van der Waals surface area contributed by atoms with Crippen LogP contribution in [-0.4, -0.2) is 69.4 Å². The molecule has 1 fully saturated rings. The lowest BCUT2D eigenvalue weighted by Gasteiger charge is -2.26. The van der Waals surface area contributed by atoms with E-state index in [4.69, 9.17) is 14.6 Å². The number of ether oxygens (including phenoxy) is 2. The Hall–Kier alpha value is -3.60. The van der Waals surface area contributed by atoms with E-state index in [1.807, 2.05) is 4.90 Å². The summed E-state index contributed by atoms with van der Waals surface area (Å²) in [4.78, 5) is 18.8. The van der Waals surface area contributed by atoms with Gasteiger partial charge in [0.15, 0.2) is 0 Å². The fourth-order valence-electron chi connectivity index (χ4n) is 3.60. The Balaban J connectivity index is 1.45. The van der Waals surface area contributed by atoms with Crippen LogP contribution in [0.2, 0.25) is 0 Å². The molecule has 1 aromatic carbocycles. The molecule has 168 valence electrons. The zero-order valence-corrected chi connectivity index (χ0v) is 16.9. The normalized spacial score (nSPS) is 18.3. The average molecular weight is 445 g/mol. The summed E-state index contributed by atoms with van der Waals surface area (Å²) in [6.45, 7) is -0.0697. The third-order valence-corrected chi connectivity index (χ3v) is 5.03. The molecule has 9 nitrogen and oxygen atoms in total. The SMILES string of the molecule is O=C(O)c1ccc(N2C[C@@H](Oc3ccc(-n4nccn4)cn3)C[C@H]2COCC(F)F)cc1. The number of carbonyl (C=O) groups is 1. The highest BCUT2D eigenvalue weighted by Crippen LogP contribution is 2.29. The highest BCUT2D eigenvalue weighted by Gasteiger charge is 2.34. The number of aromatic nitrogens is 4. The van der Waals surface area contributed by atoms with Gasteiger partial charge in [-0.3, -0.25) is 0 Å². The topological polar surface area (TPSA) is 103 Å². The summed E-state index contributed by atoms with van der Waals surface area (Å²) >= 11 is 0. The van der Waals surface area contributed by atoms with Gasteiger partial charge in [-0.2, -0.15) is 15.0 Å². The van der Waals surface area contributed by atoms with Gasteiger partial charge >= 0.3 is 5.97 Å². The Kier molecular flexibility index (Phi) is 6.55. The first kappa shape index (κ1) is 21.6. The second-order valence-corrected chi connectivity index (χ2v) is 7.24. The molecule has 3 aromatic rings. The van der Waals surface area contributed by atoms with E-state index in [1.54, 1.807) is 42.9 Å². The van der Waals surface area contributed by atoms with E-state index in [-0.39, 0.29) is 24.3 Å². The van der Waals surface area contributed by atoms with Gasteiger partial charge < -0.3 is 19.5 Å². The van der Waals surface area contributed by atoms with E-state index in [0.717, 1.165) is 5.69 Å². The van der Waals surface area contributed by atoms with Crippen LogP contribution < -0.4 is 9.64 Å². The Morgan fingerprint density at radius 1 is 1.12 bits per heavy atom. The fraction of sp³-hybridized carbons (Fsp3) is 0.333. The number of rotatable bonds is 9. The van der Waals surface area contributed by atoms with Gasteiger partial charge in [0.2, 0.25) is 5.88 Å². The first-order chi connectivity index (χ1) is 15.5. The molecule has 32 heavy (non-hydrogen) atoms. The van der Waals surface area contributed by atoms with Crippen molar-refractivity contribution in [3.8, 4) is 11.6 Å². The molecule has 2 aromatic heterocycles. The molecule has 0 bridgehead atoms. The summed E-state index contributed by atoms with van der Waals surface area (Å²) in [7, 11) is 0. The van der Waals surface area contributed by atoms with Gasteiger partial charge in [0.05, 0.1) is 43.3 Å². The number of benzene rings is 1. The number of hydrogen-bond acceptors (Lipinski definition) is 7. The van der Waals surface area contributed by atoms with E-state index in [0.29, 0.717) is 24.5 Å². The molecule has 3 heterocycles. The lowest BCUT2D eigenvalue weighted by atomic mass is 10.1. The lowest BCUT2D eigenvalue weighted by molar-refractivity contribution is 0.0122. The van der Waals surface area contributed by atoms with Crippen molar-refractivity contribution in [3.05, 3.63) is 60.6 Å². The predicted octanol–water partition coefficient (Wildman–Crippen LogP) is 2.67. The van der Waals surface area contributed by atoms with Crippen molar-refractivity contribution in [2.75, 3.05) is 24.7 Å². The van der Waals surface area contributed by atoms with Crippen molar-refractivity contribution in [2.45, 2.75) is 25.0 Å². The van der Waals surface area contributed by atoms with Crippen molar-refractivity contribution >= 4 is 11.7 Å². The first-order valence-electron chi connectivity index (χ1n) is 9.95. The van der Waals surface area contributed by atoms with Crippen molar-refractivity contribution in [3.63, 3.8) is 0 Å². The van der Waals surface area contributed by atoms with Crippen LogP contribution in [0.4, 0.5) is 14.5 Å².